The number of carbonyl (C=O) groups is 1. The van der Waals surface area contributed by atoms with Crippen LogP contribution in [0.25, 0.3) is 6.08 Å². The second-order valence-corrected chi connectivity index (χ2v) is 5.75. The second kappa shape index (κ2) is 6.93. The van der Waals surface area contributed by atoms with Gasteiger partial charge in [0.2, 0.25) is 0 Å². The predicted molar refractivity (Wildman–Crippen MR) is 94.1 cm³/mol. The summed E-state index contributed by atoms with van der Waals surface area (Å²) in [5, 5.41) is 12.2. The molecule has 23 heavy (non-hydrogen) atoms. The highest BCUT2D eigenvalue weighted by atomic mass is 16.1. The Labute approximate surface area is 137 Å². The Morgan fingerprint density at radius 1 is 1.04 bits per heavy atom. The maximum Gasteiger partial charge on any atom is 0.266 e. The number of aryl methyl sites for hydroxylation is 4. The van der Waals surface area contributed by atoms with Crippen LogP contribution in [0.5, 0.6) is 0 Å². The molecule has 3 nitrogen and oxygen atoms in total. The minimum Gasteiger partial charge on any atom is -0.321 e. The highest BCUT2D eigenvalue weighted by Gasteiger charge is 2.13. The summed E-state index contributed by atoms with van der Waals surface area (Å²) in [7, 11) is 0. The zero-order valence-corrected chi connectivity index (χ0v) is 13.9. The van der Waals surface area contributed by atoms with Gasteiger partial charge in [0.1, 0.15) is 11.6 Å². The Bertz CT molecular complexity index is 803. The first kappa shape index (κ1) is 16.5. The van der Waals surface area contributed by atoms with Crippen LogP contribution in [0.2, 0.25) is 0 Å². The van der Waals surface area contributed by atoms with E-state index >= 15 is 0 Å². The van der Waals surface area contributed by atoms with E-state index in [4.69, 9.17) is 0 Å². The average Bonchev–Trinajstić information content (AvgIpc) is 2.49. The molecule has 0 spiro atoms. The number of nitrogens with one attached hydrogen (secondary N) is 1. The molecule has 0 atom stereocenters. The van der Waals surface area contributed by atoms with Crippen LogP contribution in [0.1, 0.15) is 27.8 Å². The molecule has 0 radical (unpaired) electrons. The molecule has 0 bridgehead atoms. The van der Waals surface area contributed by atoms with Gasteiger partial charge >= 0.3 is 0 Å². The van der Waals surface area contributed by atoms with E-state index in [1.165, 1.54) is 0 Å². The number of benzene rings is 2. The van der Waals surface area contributed by atoms with E-state index < -0.39 is 0 Å². The highest BCUT2D eigenvalue weighted by molar-refractivity contribution is 6.10. The van der Waals surface area contributed by atoms with Crippen LogP contribution in [-0.2, 0) is 4.79 Å². The Kier molecular flexibility index (Phi) is 4.98. The third kappa shape index (κ3) is 3.87. The van der Waals surface area contributed by atoms with E-state index in [2.05, 4.69) is 5.32 Å². The largest absolute Gasteiger partial charge is 0.321 e. The lowest BCUT2D eigenvalue weighted by Crippen LogP contribution is -2.15. The fraction of sp³-hybridized carbons (Fsp3) is 0.200. The van der Waals surface area contributed by atoms with Crippen molar-refractivity contribution in [2.45, 2.75) is 27.7 Å². The van der Waals surface area contributed by atoms with Crippen LogP contribution >= 0.6 is 0 Å². The lowest BCUT2D eigenvalue weighted by atomic mass is 10.0. The van der Waals surface area contributed by atoms with Gasteiger partial charge in [-0.3, -0.25) is 4.79 Å². The summed E-state index contributed by atoms with van der Waals surface area (Å²) < 4.78 is 0. The van der Waals surface area contributed by atoms with E-state index in [0.29, 0.717) is 0 Å². The maximum absolute atomic E-state index is 12.4. The predicted octanol–water partition coefficient (Wildman–Crippen LogP) is 4.47. The minimum atomic E-state index is -0.384. The molecular formula is C20H20N2O. The molecule has 0 aliphatic heterocycles. The van der Waals surface area contributed by atoms with Crippen LogP contribution in [-0.4, -0.2) is 5.91 Å². The van der Waals surface area contributed by atoms with E-state index in [-0.39, 0.29) is 11.5 Å². The summed E-state index contributed by atoms with van der Waals surface area (Å²) in [6.07, 6.45) is 1.63. The monoisotopic (exact) mass is 304 g/mol. The van der Waals surface area contributed by atoms with Gasteiger partial charge in [-0.2, -0.15) is 5.26 Å². The smallest absolute Gasteiger partial charge is 0.266 e. The van der Waals surface area contributed by atoms with Crippen molar-refractivity contribution in [2.24, 2.45) is 0 Å². The van der Waals surface area contributed by atoms with Gasteiger partial charge in [0.15, 0.2) is 0 Å². The zero-order valence-electron chi connectivity index (χ0n) is 13.9. The number of rotatable bonds is 3. The summed E-state index contributed by atoms with van der Waals surface area (Å²) >= 11 is 0. The Balaban J connectivity index is 2.33. The number of hydrogen-bond donors (Lipinski definition) is 1. The highest BCUT2D eigenvalue weighted by Crippen LogP contribution is 2.23. The topological polar surface area (TPSA) is 52.9 Å². The molecule has 1 N–H and O–H groups in total. The lowest BCUT2D eigenvalue weighted by molar-refractivity contribution is -0.112. The summed E-state index contributed by atoms with van der Waals surface area (Å²) in [5.41, 5.74) is 5.89. The van der Waals surface area contributed by atoms with Crippen LogP contribution in [0.4, 0.5) is 5.69 Å². The number of carbonyl (C=O) groups excluding carboxylic acids is 1. The van der Waals surface area contributed by atoms with Crippen molar-refractivity contribution >= 4 is 17.7 Å². The van der Waals surface area contributed by atoms with Gasteiger partial charge in [-0.1, -0.05) is 42.0 Å². The summed E-state index contributed by atoms with van der Waals surface area (Å²) in [5.74, 6) is -0.384. The van der Waals surface area contributed by atoms with Crippen molar-refractivity contribution in [1.29, 1.82) is 5.26 Å². The molecule has 3 heteroatoms. The number of hydrogen-bond acceptors (Lipinski definition) is 2. The van der Waals surface area contributed by atoms with Crippen molar-refractivity contribution in [3.63, 3.8) is 0 Å². The molecule has 0 aliphatic rings. The first-order valence-electron chi connectivity index (χ1n) is 7.49. The van der Waals surface area contributed by atoms with Crippen molar-refractivity contribution in [3.8, 4) is 6.07 Å². The minimum absolute atomic E-state index is 0.0960. The first-order valence-corrected chi connectivity index (χ1v) is 7.49. The third-order valence-electron chi connectivity index (χ3n) is 3.77. The van der Waals surface area contributed by atoms with Gasteiger partial charge in [-0.25, -0.2) is 0 Å². The number of amides is 1. The van der Waals surface area contributed by atoms with Gasteiger partial charge in [-0.05, 0) is 56.0 Å². The van der Waals surface area contributed by atoms with Crippen LogP contribution in [0.15, 0.2) is 42.0 Å². The van der Waals surface area contributed by atoms with Gasteiger partial charge < -0.3 is 5.32 Å². The van der Waals surface area contributed by atoms with Crippen LogP contribution in [0.3, 0.4) is 0 Å². The molecule has 0 aromatic heterocycles. The standard InChI is InChI=1S/C20H20N2O/c1-13-9-15(3)19(16(4)10-13)22-20(23)18(12-21)11-17-8-6-5-7-14(17)2/h5-11H,1-4H3,(H,22,23)/b18-11-. The van der Waals surface area contributed by atoms with E-state index in [1.54, 1.807) is 6.08 Å². The molecule has 0 heterocycles. The molecule has 2 aromatic rings. The van der Waals surface area contributed by atoms with Crippen molar-refractivity contribution in [3.05, 3.63) is 69.8 Å². The third-order valence-corrected chi connectivity index (χ3v) is 3.77. The average molecular weight is 304 g/mol. The van der Waals surface area contributed by atoms with Crippen molar-refractivity contribution in [2.75, 3.05) is 5.32 Å². The van der Waals surface area contributed by atoms with Crippen LogP contribution in [0, 0.1) is 39.0 Å². The number of anilines is 1. The number of nitrogens with zero attached hydrogens (tertiary/aromatic N) is 1. The first-order chi connectivity index (χ1) is 10.9. The van der Waals surface area contributed by atoms with E-state index in [9.17, 15) is 10.1 Å². The van der Waals surface area contributed by atoms with Gasteiger partial charge in [-0.15, -0.1) is 0 Å². The van der Waals surface area contributed by atoms with E-state index in [0.717, 1.165) is 33.5 Å². The summed E-state index contributed by atoms with van der Waals surface area (Å²) in [6.45, 7) is 7.87. The molecule has 0 fully saturated rings. The normalized spacial score (nSPS) is 11.0. The Hall–Kier alpha value is -2.86. The Morgan fingerprint density at radius 2 is 1.65 bits per heavy atom. The molecule has 0 saturated heterocycles. The van der Waals surface area contributed by atoms with Crippen molar-refractivity contribution < 1.29 is 4.79 Å². The van der Waals surface area contributed by atoms with Gasteiger partial charge in [0, 0.05) is 5.69 Å². The summed E-state index contributed by atoms with van der Waals surface area (Å²) in [6, 6.07) is 13.7. The number of nitriles is 1. The molecule has 2 rings (SSSR count). The molecule has 0 unspecified atom stereocenters. The lowest BCUT2D eigenvalue weighted by Gasteiger charge is -2.12. The van der Waals surface area contributed by atoms with Crippen LogP contribution < -0.4 is 5.32 Å². The molecule has 2 aromatic carbocycles. The second-order valence-electron chi connectivity index (χ2n) is 5.75. The zero-order chi connectivity index (χ0) is 17.0. The molecule has 1 amide bonds. The summed E-state index contributed by atoms with van der Waals surface area (Å²) in [4.78, 5) is 12.4. The SMILES string of the molecule is Cc1cc(C)c(NC(=O)/C(C#N)=C\c2ccccc2C)c(C)c1. The molecule has 0 saturated carbocycles. The van der Waals surface area contributed by atoms with Crippen molar-refractivity contribution in [1.82, 2.24) is 0 Å². The molecule has 0 aliphatic carbocycles. The fourth-order valence-corrected chi connectivity index (χ4v) is 2.61. The quantitative estimate of drug-likeness (QED) is 0.672. The van der Waals surface area contributed by atoms with E-state index in [1.807, 2.05) is 70.2 Å². The van der Waals surface area contributed by atoms with Gasteiger partial charge in [0.25, 0.3) is 5.91 Å². The molecular weight excluding hydrogens is 284 g/mol. The fourth-order valence-electron chi connectivity index (χ4n) is 2.61. The Morgan fingerprint density at radius 3 is 2.22 bits per heavy atom. The maximum atomic E-state index is 12.4. The van der Waals surface area contributed by atoms with Gasteiger partial charge in [0.05, 0.1) is 0 Å². The molecule has 116 valence electrons.